The molecule has 1 fully saturated rings. The van der Waals surface area contributed by atoms with Gasteiger partial charge < -0.3 is 54.7 Å². The molecule has 4 aliphatic heterocycles. The number of esters is 1. The number of likely N-dealkylation sites (N-methyl/N-ethyl adjacent to an activating group) is 1. The highest BCUT2D eigenvalue weighted by molar-refractivity contribution is 6.23. The molecule has 0 aliphatic carbocycles. The average Bonchev–Trinajstić information content (AvgIpc) is 3.48. The fourth-order valence-electron chi connectivity index (χ4n) is 8.09. The van der Waals surface area contributed by atoms with Crippen LogP contribution in [-0.4, -0.2) is 136 Å². The molecule has 5 bridgehead atoms. The number of methoxy groups -OCH3 is 1. The van der Waals surface area contributed by atoms with E-state index in [0.717, 1.165) is 13.1 Å². The molecular weight excluding hydrogens is 776 g/mol. The number of aliphatic hydroxyl groups excluding tert-OH is 2. The van der Waals surface area contributed by atoms with Gasteiger partial charge in [0.05, 0.1) is 59.5 Å². The molecule has 1 saturated heterocycles. The number of phenols is 3. The summed E-state index contributed by atoms with van der Waals surface area (Å²) in [4.78, 5) is 42.4. The van der Waals surface area contributed by atoms with Gasteiger partial charge in [-0.2, -0.15) is 5.10 Å². The lowest BCUT2D eigenvalue weighted by Gasteiger charge is -2.38. The topological polar surface area (TPSA) is 220 Å². The number of carbonyl (C=O) groups is 3. The van der Waals surface area contributed by atoms with Crippen molar-refractivity contribution in [2.45, 2.75) is 85.6 Å². The summed E-state index contributed by atoms with van der Waals surface area (Å²) >= 11 is 0. The van der Waals surface area contributed by atoms with Gasteiger partial charge in [0.15, 0.2) is 11.5 Å². The Kier molecular flexibility index (Phi) is 14.3. The lowest BCUT2D eigenvalue weighted by atomic mass is 9.78. The standard InChI is InChI=1S/C44H60N4O12/c1-22-12-11-13-23(2)36(51)25(4)37(52)26(5)41(59-28(7)49)24(3)31(57-10)14-19-58-44(8)43(56)34-32-33(38(53)27(6)42(34)60-44)40(55)35(45-21-30(22)50)29(39(32)54)20-46-48-17-15-47(9)16-18-48/h11-14,19-20,23-26,31,36-37,41,45,51-55H,15-18,21H2,1-10H3/b13-11+,19-14+,22-12-,46-20?/t23-,24+,25+,26+,31-,36-,37+,41+,44-/m0/s1. The molecule has 2 aromatic carbocycles. The summed E-state index contributed by atoms with van der Waals surface area (Å²) in [7, 11) is 3.43. The van der Waals surface area contributed by atoms with E-state index in [4.69, 9.17) is 18.9 Å². The number of aliphatic hydroxyl groups is 2. The zero-order chi connectivity index (χ0) is 44.4. The first-order valence-electron chi connectivity index (χ1n) is 20.2. The molecule has 9 atom stereocenters. The molecule has 4 aliphatic rings. The van der Waals surface area contributed by atoms with E-state index in [9.17, 15) is 39.9 Å². The number of hydrogen-bond acceptors (Lipinski definition) is 16. The van der Waals surface area contributed by atoms with Gasteiger partial charge in [0.25, 0.3) is 5.78 Å². The second-order valence-corrected chi connectivity index (χ2v) is 16.4. The number of anilines is 1. The average molecular weight is 837 g/mol. The first-order valence-corrected chi connectivity index (χ1v) is 20.2. The van der Waals surface area contributed by atoms with Crippen molar-refractivity contribution in [3.05, 3.63) is 52.8 Å². The van der Waals surface area contributed by atoms with Gasteiger partial charge >= 0.3 is 11.8 Å². The summed E-state index contributed by atoms with van der Waals surface area (Å²) in [6.45, 7) is 15.0. The molecule has 0 saturated carbocycles. The minimum atomic E-state index is -2.03. The van der Waals surface area contributed by atoms with Crippen molar-refractivity contribution in [3.8, 4) is 23.0 Å². The van der Waals surface area contributed by atoms with Gasteiger partial charge in [0.2, 0.25) is 0 Å². The summed E-state index contributed by atoms with van der Waals surface area (Å²) in [6.07, 6.45) is 5.12. The number of ketones is 2. The van der Waals surface area contributed by atoms with Gasteiger partial charge in [-0.05, 0) is 32.5 Å². The number of aromatic hydroxyl groups is 3. The summed E-state index contributed by atoms with van der Waals surface area (Å²) in [6, 6.07) is 0. The Hall–Kier alpha value is -5.16. The Morgan fingerprint density at radius 3 is 2.25 bits per heavy atom. The number of piperazine rings is 1. The minimum absolute atomic E-state index is 0.0425. The van der Waals surface area contributed by atoms with Crippen LogP contribution in [0.15, 0.2) is 41.2 Å². The van der Waals surface area contributed by atoms with Gasteiger partial charge in [-0.25, -0.2) is 0 Å². The highest BCUT2D eigenvalue weighted by Crippen LogP contribution is 2.55. The second-order valence-electron chi connectivity index (χ2n) is 16.4. The quantitative estimate of drug-likeness (QED) is 0.109. The lowest BCUT2D eigenvalue weighted by molar-refractivity contribution is -0.160. The second kappa shape index (κ2) is 18.6. The Morgan fingerprint density at radius 1 is 0.950 bits per heavy atom. The van der Waals surface area contributed by atoms with Crippen molar-refractivity contribution in [3.63, 3.8) is 0 Å². The molecule has 4 heterocycles. The van der Waals surface area contributed by atoms with E-state index in [1.54, 1.807) is 57.9 Å². The van der Waals surface area contributed by atoms with Crippen LogP contribution in [0.1, 0.15) is 70.0 Å². The first-order chi connectivity index (χ1) is 28.2. The van der Waals surface area contributed by atoms with Crippen LogP contribution in [0.3, 0.4) is 0 Å². The van der Waals surface area contributed by atoms with E-state index in [0.29, 0.717) is 18.7 Å². The largest absolute Gasteiger partial charge is 0.507 e. The number of allylic oxidation sites excluding steroid dienone is 2. The fraction of sp³-hybridized carbons (Fsp3) is 0.545. The van der Waals surface area contributed by atoms with E-state index < -0.39 is 82.9 Å². The first kappa shape index (κ1) is 45.9. The Morgan fingerprint density at radius 2 is 1.62 bits per heavy atom. The lowest BCUT2D eigenvalue weighted by Crippen LogP contribution is -2.46. The van der Waals surface area contributed by atoms with Gasteiger partial charge in [0, 0.05) is 81.8 Å². The third-order valence-electron chi connectivity index (χ3n) is 12.1. The summed E-state index contributed by atoms with van der Waals surface area (Å²) < 4.78 is 23.7. The molecular formula is C44H60N4O12. The van der Waals surface area contributed by atoms with E-state index in [1.165, 1.54) is 46.4 Å². The van der Waals surface area contributed by atoms with Crippen LogP contribution in [0.5, 0.6) is 23.0 Å². The monoisotopic (exact) mass is 836 g/mol. The van der Waals surface area contributed by atoms with Crippen molar-refractivity contribution in [2.75, 3.05) is 52.2 Å². The number of fused-ring (bicyclic) bond motifs is 15. The Labute approximate surface area is 350 Å². The Bertz CT molecular complexity index is 2090. The molecule has 0 spiro atoms. The SMILES string of the molecule is CO[C@H]1/C=C/O[C@@]2(C)Oc3c(C)c(O)c4c(O)c(c(C=NN5CCN(C)CC5)c(O)c4c3C2=O)NCC(=O)/C(C)=C\C=C\[C@H](C)[C@H](O)[C@@H](C)[C@@H](O)[C@@H](C)[C@H](OC(C)=O)[C@@H]1C. The molecule has 0 aromatic heterocycles. The van der Waals surface area contributed by atoms with E-state index >= 15 is 0 Å². The number of ether oxygens (including phenoxy) is 4. The van der Waals surface area contributed by atoms with Gasteiger partial charge in [-0.1, -0.05) is 45.9 Å². The highest BCUT2D eigenvalue weighted by atomic mass is 16.7. The zero-order valence-corrected chi connectivity index (χ0v) is 36.1. The zero-order valence-electron chi connectivity index (χ0n) is 36.1. The molecule has 6 N–H and O–H groups in total. The van der Waals surface area contributed by atoms with E-state index in [2.05, 4.69) is 15.3 Å². The third-order valence-corrected chi connectivity index (χ3v) is 12.1. The van der Waals surface area contributed by atoms with Crippen molar-refractivity contribution in [2.24, 2.45) is 28.8 Å². The van der Waals surface area contributed by atoms with E-state index in [1.807, 2.05) is 7.05 Å². The van der Waals surface area contributed by atoms with Crippen LogP contribution in [0, 0.1) is 30.6 Å². The van der Waals surface area contributed by atoms with Crippen LogP contribution in [0.4, 0.5) is 5.69 Å². The number of benzene rings is 2. The van der Waals surface area contributed by atoms with Crippen molar-refractivity contribution in [1.82, 2.24) is 9.91 Å². The van der Waals surface area contributed by atoms with Gasteiger partial charge in [-0.15, -0.1) is 0 Å². The van der Waals surface area contributed by atoms with Gasteiger partial charge in [-0.3, -0.25) is 19.4 Å². The molecule has 0 amide bonds. The molecule has 328 valence electrons. The fourth-order valence-corrected chi connectivity index (χ4v) is 8.09. The molecule has 16 heteroatoms. The van der Waals surface area contributed by atoms with Crippen molar-refractivity contribution < 1.29 is 58.9 Å². The number of carbonyl (C=O) groups excluding carboxylic acids is 3. The molecule has 0 radical (unpaired) electrons. The van der Waals surface area contributed by atoms with Crippen LogP contribution in [-0.2, 0) is 23.8 Å². The molecule has 6 rings (SSSR count). The molecule has 2 aromatic rings. The minimum Gasteiger partial charge on any atom is -0.507 e. The maximum absolute atomic E-state index is 14.4. The number of hydrogen-bond donors (Lipinski definition) is 6. The number of Topliss-reactive ketones (excluding diaryl/α,β-unsaturated/α-hetero) is 2. The number of nitrogens with one attached hydrogen (secondary N) is 1. The summed E-state index contributed by atoms with van der Waals surface area (Å²) in [5.74, 6) is -7.76. The maximum atomic E-state index is 14.4. The number of phenolic OH excluding ortho intramolecular Hbond substituents is 3. The van der Waals surface area contributed by atoms with Gasteiger partial charge in [0.1, 0.15) is 23.4 Å². The van der Waals surface area contributed by atoms with Crippen molar-refractivity contribution >= 4 is 40.2 Å². The smallest absolute Gasteiger partial charge is 0.312 e. The highest BCUT2D eigenvalue weighted by Gasteiger charge is 2.50. The summed E-state index contributed by atoms with van der Waals surface area (Å²) in [5, 5.41) is 67.3. The predicted molar refractivity (Wildman–Crippen MR) is 225 cm³/mol. The van der Waals surface area contributed by atoms with Crippen LogP contribution < -0.4 is 10.1 Å². The van der Waals surface area contributed by atoms with Crippen LogP contribution >= 0.6 is 0 Å². The number of hydrazone groups is 1. The number of rotatable bonds is 4. The maximum Gasteiger partial charge on any atom is 0.312 e. The van der Waals surface area contributed by atoms with E-state index in [-0.39, 0.29) is 51.2 Å². The van der Waals surface area contributed by atoms with Crippen LogP contribution in [0.25, 0.3) is 10.8 Å². The summed E-state index contributed by atoms with van der Waals surface area (Å²) in [5.41, 5.74) is 0.102. The van der Waals surface area contributed by atoms with Crippen molar-refractivity contribution in [1.29, 1.82) is 0 Å². The molecule has 0 unspecified atom stereocenters. The molecule has 60 heavy (non-hydrogen) atoms. The third kappa shape index (κ3) is 9.11. The number of nitrogens with zero attached hydrogens (tertiary/aromatic N) is 3. The van der Waals surface area contributed by atoms with Crippen LogP contribution in [0.2, 0.25) is 0 Å². The Balaban J connectivity index is 1.67. The predicted octanol–water partition coefficient (Wildman–Crippen LogP) is 4.38. The molecule has 16 nitrogen and oxygen atoms in total. The normalized spacial score (nSPS) is 31.9.